The maximum Gasteiger partial charge on any atom is 0.148 e. The molecule has 94 valence electrons. The van der Waals surface area contributed by atoms with E-state index in [4.69, 9.17) is 11.6 Å². The molecule has 1 unspecified atom stereocenters. The van der Waals surface area contributed by atoms with Crippen molar-refractivity contribution in [3.63, 3.8) is 0 Å². The van der Waals surface area contributed by atoms with Gasteiger partial charge in [-0.1, -0.05) is 17.7 Å². The zero-order valence-electron chi connectivity index (χ0n) is 9.74. The van der Waals surface area contributed by atoms with Crippen molar-refractivity contribution in [3.05, 3.63) is 34.3 Å². The van der Waals surface area contributed by atoms with E-state index < -0.39 is 9.84 Å². The van der Waals surface area contributed by atoms with E-state index in [1.54, 1.807) is 0 Å². The maximum absolute atomic E-state index is 11.0. The van der Waals surface area contributed by atoms with Gasteiger partial charge in [-0.25, -0.2) is 8.42 Å². The van der Waals surface area contributed by atoms with Gasteiger partial charge >= 0.3 is 0 Å². The van der Waals surface area contributed by atoms with Gasteiger partial charge in [-0.05, 0) is 36.1 Å². The summed E-state index contributed by atoms with van der Waals surface area (Å²) in [5.41, 5.74) is 2.53. The van der Waals surface area contributed by atoms with Gasteiger partial charge in [-0.2, -0.15) is 0 Å². The van der Waals surface area contributed by atoms with Crippen LogP contribution < -0.4 is 5.32 Å². The Kier molecular flexibility index (Phi) is 3.76. The van der Waals surface area contributed by atoms with Crippen LogP contribution in [0.15, 0.2) is 18.2 Å². The summed E-state index contributed by atoms with van der Waals surface area (Å²) in [4.78, 5) is 0. The Bertz CT molecular complexity index is 513. The van der Waals surface area contributed by atoms with Crippen molar-refractivity contribution in [2.45, 2.75) is 18.9 Å². The number of fused-ring (bicyclic) bond motifs is 1. The molecule has 0 heterocycles. The molecule has 0 aromatic heterocycles. The van der Waals surface area contributed by atoms with E-state index in [-0.39, 0.29) is 11.8 Å². The van der Waals surface area contributed by atoms with Crippen molar-refractivity contribution >= 4 is 21.4 Å². The fourth-order valence-electron chi connectivity index (χ4n) is 2.22. The Balaban J connectivity index is 1.98. The van der Waals surface area contributed by atoms with Gasteiger partial charge in [0, 0.05) is 23.9 Å². The number of hydrogen-bond acceptors (Lipinski definition) is 3. The van der Waals surface area contributed by atoms with Crippen molar-refractivity contribution < 1.29 is 8.42 Å². The molecule has 0 bridgehead atoms. The first-order valence-electron chi connectivity index (χ1n) is 5.65. The fourth-order valence-corrected chi connectivity index (χ4v) is 2.90. The van der Waals surface area contributed by atoms with Crippen LogP contribution in [-0.4, -0.2) is 27.0 Å². The smallest absolute Gasteiger partial charge is 0.148 e. The predicted molar refractivity (Wildman–Crippen MR) is 70.2 cm³/mol. The number of hydrogen-bond donors (Lipinski definition) is 1. The molecule has 1 aliphatic carbocycles. The summed E-state index contributed by atoms with van der Waals surface area (Å²) >= 11 is 5.94. The number of sulfone groups is 1. The van der Waals surface area contributed by atoms with Crippen molar-refractivity contribution in [1.82, 2.24) is 5.32 Å². The highest BCUT2D eigenvalue weighted by Gasteiger charge is 2.22. The van der Waals surface area contributed by atoms with Gasteiger partial charge in [-0.3, -0.25) is 0 Å². The third kappa shape index (κ3) is 3.44. The number of aryl methyl sites for hydroxylation is 1. The molecule has 0 radical (unpaired) electrons. The lowest BCUT2D eigenvalue weighted by atomic mass is 10.1. The molecule has 1 N–H and O–H groups in total. The van der Waals surface area contributed by atoms with Gasteiger partial charge in [-0.15, -0.1) is 0 Å². The summed E-state index contributed by atoms with van der Waals surface area (Å²) in [5.74, 6) is 0.187. The molecule has 0 saturated heterocycles. The first kappa shape index (κ1) is 12.9. The van der Waals surface area contributed by atoms with Crippen LogP contribution in [0.2, 0.25) is 5.02 Å². The monoisotopic (exact) mass is 273 g/mol. The summed E-state index contributed by atoms with van der Waals surface area (Å²) in [7, 11) is -2.88. The summed E-state index contributed by atoms with van der Waals surface area (Å²) in [6, 6.07) is 6.18. The van der Waals surface area contributed by atoms with Crippen molar-refractivity contribution in [1.29, 1.82) is 0 Å². The van der Waals surface area contributed by atoms with Crippen LogP contribution in [0.3, 0.4) is 0 Å². The second-order valence-corrected chi connectivity index (χ2v) is 7.21. The highest BCUT2D eigenvalue weighted by molar-refractivity contribution is 7.90. The van der Waals surface area contributed by atoms with Gasteiger partial charge in [0.2, 0.25) is 0 Å². The lowest BCUT2D eigenvalue weighted by Crippen LogP contribution is -2.25. The molecule has 1 aliphatic rings. The lowest BCUT2D eigenvalue weighted by Gasteiger charge is -2.13. The molecule has 1 aromatic rings. The first-order valence-corrected chi connectivity index (χ1v) is 8.09. The predicted octanol–water partition coefficient (Wildman–Crippen LogP) is 1.96. The highest BCUT2D eigenvalue weighted by atomic mass is 35.5. The van der Waals surface area contributed by atoms with E-state index in [2.05, 4.69) is 5.32 Å². The van der Waals surface area contributed by atoms with Crippen LogP contribution in [0.5, 0.6) is 0 Å². The molecule has 0 spiro atoms. The molecule has 0 aliphatic heterocycles. The number of halogens is 1. The van der Waals surface area contributed by atoms with Crippen molar-refractivity contribution in [3.8, 4) is 0 Å². The molecule has 1 atom stereocenters. The molecule has 0 saturated carbocycles. The molecule has 17 heavy (non-hydrogen) atoms. The number of benzene rings is 1. The van der Waals surface area contributed by atoms with E-state index in [1.165, 1.54) is 17.4 Å². The Labute approximate surface area is 107 Å². The third-order valence-corrected chi connectivity index (χ3v) is 4.23. The van der Waals surface area contributed by atoms with E-state index in [0.29, 0.717) is 6.54 Å². The maximum atomic E-state index is 11.0. The lowest BCUT2D eigenvalue weighted by molar-refractivity contribution is 0.542. The van der Waals surface area contributed by atoms with Gasteiger partial charge in [0.1, 0.15) is 9.84 Å². The minimum absolute atomic E-state index is 0.187. The Hall–Kier alpha value is -0.580. The van der Waals surface area contributed by atoms with Crippen LogP contribution in [0, 0.1) is 0 Å². The summed E-state index contributed by atoms with van der Waals surface area (Å²) in [6.07, 6.45) is 3.28. The molecular weight excluding hydrogens is 258 g/mol. The van der Waals surface area contributed by atoms with E-state index in [9.17, 15) is 8.42 Å². The second-order valence-electron chi connectivity index (χ2n) is 4.52. The van der Waals surface area contributed by atoms with Crippen LogP contribution in [0.1, 0.15) is 23.6 Å². The summed E-state index contributed by atoms with van der Waals surface area (Å²) in [5, 5.41) is 4.06. The third-order valence-electron chi connectivity index (χ3n) is 3.05. The number of rotatable bonds is 4. The minimum atomic E-state index is -2.88. The molecule has 0 fully saturated rings. The summed E-state index contributed by atoms with van der Waals surface area (Å²) in [6.45, 7) is 0.506. The minimum Gasteiger partial charge on any atom is -0.309 e. The normalized spacial score (nSPS) is 19.3. The Morgan fingerprint density at radius 1 is 1.47 bits per heavy atom. The van der Waals surface area contributed by atoms with E-state index in [1.807, 2.05) is 18.2 Å². The second kappa shape index (κ2) is 4.96. The SMILES string of the molecule is CS(=O)(=O)CCNC1CCc2cc(Cl)ccc21. The van der Waals surface area contributed by atoms with Gasteiger partial charge in [0.05, 0.1) is 5.75 Å². The molecule has 3 nitrogen and oxygen atoms in total. The quantitative estimate of drug-likeness (QED) is 0.912. The Morgan fingerprint density at radius 3 is 2.94 bits per heavy atom. The number of nitrogens with one attached hydrogen (secondary N) is 1. The first-order chi connectivity index (χ1) is 7.96. The Morgan fingerprint density at radius 2 is 2.24 bits per heavy atom. The van der Waals surface area contributed by atoms with Crippen molar-refractivity contribution in [2.24, 2.45) is 0 Å². The molecule has 1 aromatic carbocycles. The summed E-state index contributed by atoms with van der Waals surface area (Å²) < 4.78 is 22.1. The van der Waals surface area contributed by atoms with E-state index >= 15 is 0 Å². The van der Waals surface area contributed by atoms with Crippen LogP contribution >= 0.6 is 11.6 Å². The fraction of sp³-hybridized carbons (Fsp3) is 0.500. The molecule has 2 rings (SSSR count). The molecule has 5 heteroatoms. The highest BCUT2D eigenvalue weighted by Crippen LogP contribution is 2.32. The molecule has 0 amide bonds. The van der Waals surface area contributed by atoms with Gasteiger partial charge in [0.15, 0.2) is 0 Å². The van der Waals surface area contributed by atoms with Gasteiger partial charge < -0.3 is 5.32 Å². The van der Waals surface area contributed by atoms with Crippen molar-refractivity contribution in [2.75, 3.05) is 18.6 Å². The zero-order valence-corrected chi connectivity index (χ0v) is 11.3. The van der Waals surface area contributed by atoms with Crippen LogP contribution in [0.4, 0.5) is 0 Å². The molecular formula is C12H16ClNO2S. The average molecular weight is 274 g/mol. The van der Waals surface area contributed by atoms with Crippen LogP contribution in [-0.2, 0) is 16.3 Å². The largest absolute Gasteiger partial charge is 0.309 e. The van der Waals surface area contributed by atoms with E-state index in [0.717, 1.165) is 17.9 Å². The standard InChI is InChI=1S/C12H16ClNO2S/c1-17(15,16)7-6-14-12-5-2-9-8-10(13)3-4-11(9)12/h3-4,8,12,14H,2,5-7H2,1H3. The average Bonchev–Trinajstić information content (AvgIpc) is 2.59. The zero-order chi connectivity index (χ0) is 12.5. The topological polar surface area (TPSA) is 46.2 Å². The van der Waals surface area contributed by atoms with Gasteiger partial charge in [0.25, 0.3) is 0 Å². The van der Waals surface area contributed by atoms with Crippen LogP contribution in [0.25, 0.3) is 0 Å².